The highest BCUT2D eigenvalue weighted by molar-refractivity contribution is 6.31. The predicted molar refractivity (Wildman–Crippen MR) is 142 cm³/mol. The van der Waals surface area contributed by atoms with Crippen molar-refractivity contribution in [2.75, 3.05) is 26.2 Å². The number of nitrogens with zero attached hydrogens (tertiary/aromatic N) is 5. The molecule has 1 aromatic carbocycles. The Balaban J connectivity index is 1.13. The molecule has 0 atom stereocenters. The molecule has 0 spiro atoms. The van der Waals surface area contributed by atoms with Gasteiger partial charge in [0.05, 0.1) is 11.0 Å². The second-order valence-electron chi connectivity index (χ2n) is 9.98. The first-order chi connectivity index (χ1) is 17.7. The largest absolute Gasteiger partial charge is 0.367 e. The Morgan fingerprint density at radius 2 is 1.86 bits per heavy atom. The lowest BCUT2D eigenvalue weighted by atomic mass is 9.93. The van der Waals surface area contributed by atoms with Crippen LogP contribution in [-0.2, 0) is 11.3 Å². The van der Waals surface area contributed by atoms with Crippen molar-refractivity contribution in [1.29, 1.82) is 0 Å². The van der Waals surface area contributed by atoms with Crippen LogP contribution >= 0.6 is 11.6 Å². The normalized spacial score (nSPS) is 18.2. The number of pyridine rings is 1. The van der Waals surface area contributed by atoms with Crippen molar-refractivity contribution in [3.05, 3.63) is 71.6 Å². The number of H-pyrrole nitrogens is 1. The van der Waals surface area contributed by atoms with Crippen LogP contribution in [-0.4, -0.2) is 61.4 Å². The van der Waals surface area contributed by atoms with E-state index in [2.05, 4.69) is 42.7 Å². The molecule has 0 radical (unpaired) electrons. The molecule has 2 aliphatic rings. The van der Waals surface area contributed by atoms with Gasteiger partial charge in [0.1, 0.15) is 5.69 Å². The molecule has 0 saturated carbocycles. The van der Waals surface area contributed by atoms with Gasteiger partial charge < -0.3 is 14.5 Å². The Labute approximate surface area is 216 Å². The quantitative estimate of drug-likeness (QED) is 0.409. The van der Waals surface area contributed by atoms with Crippen LogP contribution in [0.3, 0.4) is 0 Å². The van der Waals surface area contributed by atoms with Crippen LogP contribution in [0.5, 0.6) is 0 Å². The molecule has 36 heavy (non-hydrogen) atoms. The zero-order valence-corrected chi connectivity index (χ0v) is 21.1. The first-order valence-corrected chi connectivity index (χ1v) is 13.3. The van der Waals surface area contributed by atoms with E-state index in [0.717, 1.165) is 81.0 Å². The monoisotopic (exact) mass is 502 g/mol. The maximum Gasteiger partial charge on any atom is 0.225 e. The second-order valence-corrected chi connectivity index (χ2v) is 10.4. The number of hydrogen-bond acceptors (Lipinski definition) is 4. The van der Waals surface area contributed by atoms with Gasteiger partial charge in [0.25, 0.3) is 0 Å². The van der Waals surface area contributed by atoms with Gasteiger partial charge in [-0.05, 0) is 80.7 Å². The third-order valence-electron chi connectivity index (χ3n) is 7.69. The summed E-state index contributed by atoms with van der Waals surface area (Å²) in [7, 11) is 0. The minimum absolute atomic E-state index is 0.143. The average Bonchev–Trinajstić information content (AvgIpc) is 3.57. The molecule has 0 aliphatic carbocycles. The molecular formula is C28H31ClN6O. The fraction of sp³-hybridized carbons (Fsp3) is 0.393. The zero-order chi connectivity index (χ0) is 24.5. The number of amides is 1. The summed E-state index contributed by atoms with van der Waals surface area (Å²) in [5.41, 5.74) is 4.11. The van der Waals surface area contributed by atoms with Crippen LogP contribution in [0.15, 0.2) is 61.1 Å². The van der Waals surface area contributed by atoms with Crippen LogP contribution in [0.1, 0.15) is 37.3 Å². The van der Waals surface area contributed by atoms with Crippen molar-refractivity contribution < 1.29 is 4.79 Å². The van der Waals surface area contributed by atoms with Gasteiger partial charge in [-0.15, -0.1) is 0 Å². The summed E-state index contributed by atoms with van der Waals surface area (Å²) in [6.07, 6.45) is 9.53. The summed E-state index contributed by atoms with van der Waals surface area (Å²) in [6.45, 7) is 4.48. The second kappa shape index (κ2) is 10.1. The van der Waals surface area contributed by atoms with Crippen LogP contribution in [0.2, 0.25) is 5.02 Å². The van der Waals surface area contributed by atoms with Gasteiger partial charge in [0.15, 0.2) is 5.82 Å². The Kier molecular flexibility index (Phi) is 6.50. The summed E-state index contributed by atoms with van der Waals surface area (Å²) in [5, 5.41) is 0.680. The van der Waals surface area contributed by atoms with Crippen molar-refractivity contribution >= 4 is 28.5 Å². The maximum absolute atomic E-state index is 13.4. The number of nitrogens with one attached hydrogen (secondary N) is 1. The van der Waals surface area contributed by atoms with E-state index in [1.807, 2.05) is 36.5 Å². The molecule has 2 aliphatic heterocycles. The summed E-state index contributed by atoms with van der Waals surface area (Å²) in [5.74, 6) is 1.35. The number of likely N-dealkylation sites (tertiary alicyclic amines) is 2. The zero-order valence-electron chi connectivity index (χ0n) is 20.3. The van der Waals surface area contributed by atoms with Gasteiger partial charge in [0.2, 0.25) is 5.91 Å². The lowest BCUT2D eigenvalue weighted by Gasteiger charge is -2.38. The van der Waals surface area contributed by atoms with E-state index in [4.69, 9.17) is 16.6 Å². The van der Waals surface area contributed by atoms with E-state index >= 15 is 0 Å². The molecular weight excluding hydrogens is 472 g/mol. The number of imidazole rings is 1. The average molecular weight is 503 g/mol. The minimum atomic E-state index is 0.143. The van der Waals surface area contributed by atoms with Gasteiger partial charge >= 0.3 is 0 Å². The predicted octanol–water partition coefficient (Wildman–Crippen LogP) is 5.16. The van der Waals surface area contributed by atoms with Gasteiger partial charge in [0, 0.05) is 55.2 Å². The van der Waals surface area contributed by atoms with Crippen molar-refractivity contribution in [3.8, 4) is 11.5 Å². The number of halogens is 1. The Bertz CT molecular complexity index is 1320. The molecule has 7 nitrogen and oxygen atoms in total. The van der Waals surface area contributed by atoms with E-state index in [1.165, 1.54) is 5.56 Å². The summed E-state index contributed by atoms with van der Waals surface area (Å²) in [4.78, 5) is 30.5. The standard InChI is InChI=1S/C28H31ClN6O/c29-22-4-5-26-25(17-22)32-27(24-3-1-2-11-31-24)35(26)23-9-15-34(16-10-23)28(36)21-7-13-33(14-8-21)19-20-6-12-30-18-20/h1-6,11-12,17-18,21,23,30H,7-10,13-16,19H2. The van der Waals surface area contributed by atoms with Gasteiger partial charge in [-0.1, -0.05) is 17.7 Å². The molecule has 2 fully saturated rings. The van der Waals surface area contributed by atoms with Crippen LogP contribution in [0, 0.1) is 5.92 Å². The Morgan fingerprint density at radius 1 is 1.03 bits per heavy atom. The Hall–Kier alpha value is -3.16. The number of fused-ring (bicyclic) bond motifs is 1. The fourth-order valence-corrected chi connectivity index (χ4v) is 5.94. The first-order valence-electron chi connectivity index (χ1n) is 12.9. The topological polar surface area (TPSA) is 70.1 Å². The van der Waals surface area contributed by atoms with Gasteiger partial charge in [-0.2, -0.15) is 0 Å². The van der Waals surface area contributed by atoms with Crippen molar-refractivity contribution in [3.63, 3.8) is 0 Å². The molecule has 0 bridgehead atoms. The molecule has 0 unspecified atom stereocenters. The summed E-state index contributed by atoms with van der Waals surface area (Å²) in [6, 6.07) is 14.2. The minimum Gasteiger partial charge on any atom is -0.367 e. The highest BCUT2D eigenvalue weighted by Gasteiger charge is 2.32. The van der Waals surface area contributed by atoms with E-state index in [1.54, 1.807) is 6.20 Å². The number of hydrogen-bond donors (Lipinski definition) is 1. The molecule has 3 aromatic heterocycles. The van der Waals surface area contributed by atoms with Crippen molar-refractivity contribution in [2.45, 2.75) is 38.3 Å². The summed E-state index contributed by atoms with van der Waals surface area (Å²) < 4.78 is 2.31. The van der Waals surface area contributed by atoms with Crippen molar-refractivity contribution in [1.82, 2.24) is 29.3 Å². The summed E-state index contributed by atoms with van der Waals surface area (Å²) >= 11 is 6.27. The fourth-order valence-electron chi connectivity index (χ4n) is 5.77. The number of rotatable bonds is 5. The van der Waals surface area contributed by atoms with E-state index in [0.29, 0.717) is 10.9 Å². The van der Waals surface area contributed by atoms with E-state index in [-0.39, 0.29) is 12.0 Å². The SMILES string of the molecule is O=C(C1CCN(Cc2cc[nH]c2)CC1)N1CCC(n2c(-c3ccccn3)nc3cc(Cl)ccc32)CC1. The smallest absolute Gasteiger partial charge is 0.225 e. The van der Waals surface area contributed by atoms with Gasteiger partial charge in [-0.25, -0.2) is 4.98 Å². The number of benzene rings is 1. The highest BCUT2D eigenvalue weighted by Crippen LogP contribution is 2.34. The molecule has 1 amide bonds. The number of aromatic amines is 1. The van der Waals surface area contributed by atoms with Gasteiger partial charge in [-0.3, -0.25) is 14.7 Å². The third-order valence-corrected chi connectivity index (χ3v) is 7.93. The lowest BCUT2D eigenvalue weighted by molar-refractivity contribution is -0.138. The van der Waals surface area contributed by atoms with Crippen molar-refractivity contribution in [2.24, 2.45) is 5.92 Å². The maximum atomic E-state index is 13.4. The Morgan fingerprint density at radius 3 is 2.58 bits per heavy atom. The lowest BCUT2D eigenvalue weighted by Crippen LogP contribution is -2.45. The molecule has 8 heteroatoms. The molecule has 6 rings (SSSR count). The number of carbonyl (C=O) groups excluding carboxylic acids is 1. The van der Waals surface area contributed by atoms with E-state index in [9.17, 15) is 4.79 Å². The highest BCUT2D eigenvalue weighted by atomic mass is 35.5. The number of aromatic nitrogens is 4. The molecule has 4 aromatic rings. The first kappa shape index (κ1) is 23.3. The molecule has 1 N–H and O–H groups in total. The number of carbonyl (C=O) groups is 1. The van der Waals surface area contributed by atoms with Crippen LogP contribution in [0.25, 0.3) is 22.6 Å². The van der Waals surface area contributed by atoms with E-state index < -0.39 is 0 Å². The number of piperidine rings is 2. The molecule has 186 valence electrons. The van der Waals surface area contributed by atoms with Crippen LogP contribution < -0.4 is 0 Å². The third kappa shape index (κ3) is 4.65. The molecule has 2 saturated heterocycles. The van der Waals surface area contributed by atoms with Crippen LogP contribution in [0.4, 0.5) is 0 Å². The molecule has 5 heterocycles.